The predicted octanol–water partition coefficient (Wildman–Crippen LogP) is 3.84. The maximum absolute atomic E-state index is 12.4. The van der Waals surface area contributed by atoms with Gasteiger partial charge in [0.1, 0.15) is 0 Å². The van der Waals surface area contributed by atoms with Crippen LogP contribution in [0.25, 0.3) is 11.4 Å². The van der Waals surface area contributed by atoms with Crippen molar-refractivity contribution in [2.75, 3.05) is 24.7 Å². The average Bonchev–Trinajstić information content (AvgIpc) is 3.23. The quantitative estimate of drug-likeness (QED) is 0.523. The van der Waals surface area contributed by atoms with Crippen LogP contribution in [0.5, 0.6) is 0 Å². The maximum atomic E-state index is 12.4. The Hall–Kier alpha value is -3.13. The molecule has 3 rings (SSSR count). The van der Waals surface area contributed by atoms with Gasteiger partial charge in [0.25, 0.3) is 0 Å². The molecule has 0 aliphatic carbocycles. The smallest absolute Gasteiger partial charge is 0.243 e. The lowest BCUT2D eigenvalue weighted by atomic mass is 10.1. The zero-order chi connectivity index (χ0) is 22.4. The van der Waals surface area contributed by atoms with Crippen molar-refractivity contribution in [2.24, 2.45) is 0 Å². The minimum atomic E-state index is -0.228. The standard InChI is InChI=1S/C23H27N5O2S/c1-5-17-9-11-18(12-10-17)22-25-23(27-26-22)31-14-20(30)28(4)13-19(29)24-21-15(2)7-6-8-16(21)3/h6-12H,5,13-14H2,1-4H3,(H,24,29)(H,25,26,27). The highest BCUT2D eigenvalue weighted by Crippen LogP contribution is 2.21. The number of benzene rings is 2. The number of rotatable bonds is 8. The Morgan fingerprint density at radius 3 is 2.42 bits per heavy atom. The zero-order valence-electron chi connectivity index (χ0n) is 18.2. The number of nitrogens with one attached hydrogen (secondary N) is 2. The van der Waals surface area contributed by atoms with E-state index in [0.717, 1.165) is 28.8 Å². The molecule has 0 bridgehead atoms. The molecule has 162 valence electrons. The van der Waals surface area contributed by atoms with Gasteiger partial charge < -0.3 is 10.2 Å². The molecule has 8 heteroatoms. The van der Waals surface area contributed by atoms with Crippen LogP contribution in [0.1, 0.15) is 23.6 Å². The monoisotopic (exact) mass is 437 g/mol. The number of para-hydroxylation sites is 1. The van der Waals surface area contributed by atoms with Crippen LogP contribution < -0.4 is 5.32 Å². The van der Waals surface area contributed by atoms with Crippen molar-refractivity contribution in [3.8, 4) is 11.4 Å². The van der Waals surface area contributed by atoms with Gasteiger partial charge in [-0.25, -0.2) is 4.98 Å². The molecule has 0 unspecified atom stereocenters. The van der Waals surface area contributed by atoms with E-state index in [9.17, 15) is 9.59 Å². The molecule has 0 aliphatic rings. The topological polar surface area (TPSA) is 91.0 Å². The minimum absolute atomic E-state index is 0.0177. The van der Waals surface area contributed by atoms with Crippen LogP contribution in [0.3, 0.4) is 0 Å². The van der Waals surface area contributed by atoms with E-state index >= 15 is 0 Å². The van der Waals surface area contributed by atoms with Crippen LogP contribution in [-0.2, 0) is 16.0 Å². The number of aromatic amines is 1. The molecule has 2 aromatic carbocycles. The molecular formula is C23H27N5O2S. The zero-order valence-corrected chi connectivity index (χ0v) is 19.0. The molecular weight excluding hydrogens is 410 g/mol. The Kier molecular flexibility index (Phi) is 7.46. The third-order valence-corrected chi connectivity index (χ3v) is 5.81. The molecule has 0 saturated heterocycles. The predicted molar refractivity (Wildman–Crippen MR) is 124 cm³/mol. The molecule has 0 aliphatic heterocycles. The van der Waals surface area contributed by atoms with E-state index in [4.69, 9.17) is 0 Å². The molecule has 0 atom stereocenters. The van der Waals surface area contributed by atoms with Crippen LogP contribution in [0.15, 0.2) is 47.6 Å². The van der Waals surface area contributed by atoms with Crippen molar-refractivity contribution in [1.82, 2.24) is 20.1 Å². The highest BCUT2D eigenvalue weighted by Gasteiger charge is 2.16. The summed E-state index contributed by atoms with van der Waals surface area (Å²) in [5.41, 5.74) is 4.98. The number of anilines is 1. The van der Waals surface area contributed by atoms with Crippen molar-refractivity contribution in [1.29, 1.82) is 0 Å². The average molecular weight is 438 g/mol. The van der Waals surface area contributed by atoms with Gasteiger partial charge in [0.05, 0.1) is 12.3 Å². The Bertz CT molecular complexity index is 1040. The SMILES string of the molecule is CCc1ccc(-c2nc(SCC(=O)N(C)CC(=O)Nc3c(C)cccc3C)n[nH]2)cc1. The number of amides is 2. The van der Waals surface area contributed by atoms with Gasteiger partial charge in [0.15, 0.2) is 5.82 Å². The van der Waals surface area contributed by atoms with Crippen molar-refractivity contribution in [3.05, 3.63) is 59.2 Å². The van der Waals surface area contributed by atoms with Crippen molar-refractivity contribution >= 4 is 29.3 Å². The first-order valence-electron chi connectivity index (χ1n) is 10.1. The molecule has 7 nitrogen and oxygen atoms in total. The van der Waals surface area contributed by atoms with Crippen LogP contribution in [0.4, 0.5) is 5.69 Å². The van der Waals surface area contributed by atoms with E-state index < -0.39 is 0 Å². The van der Waals surface area contributed by atoms with E-state index in [-0.39, 0.29) is 24.1 Å². The minimum Gasteiger partial charge on any atom is -0.336 e. The molecule has 0 radical (unpaired) electrons. The van der Waals surface area contributed by atoms with E-state index in [1.807, 2.05) is 44.2 Å². The van der Waals surface area contributed by atoms with E-state index in [1.54, 1.807) is 7.05 Å². The lowest BCUT2D eigenvalue weighted by Crippen LogP contribution is -2.36. The maximum Gasteiger partial charge on any atom is 0.243 e. The molecule has 1 heterocycles. The first kappa shape index (κ1) is 22.6. The fraction of sp³-hybridized carbons (Fsp3) is 0.304. The number of carbonyl (C=O) groups is 2. The molecule has 0 spiro atoms. The molecule has 2 N–H and O–H groups in total. The highest BCUT2D eigenvalue weighted by molar-refractivity contribution is 7.99. The number of thioether (sulfide) groups is 1. The Balaban J connectivity index is 1.51. The molecule has 1 aromatic heterocycles. The fourth-order valence-corrected chi connectivity index (χ4v) is 3.81. The number of likely N-dealkylation sites (N-methyl/N-ethyl adjacent to an activating group) is 1. The third kappa shape index (κ3) is 5.95. The van der Waals surface area contributed by atoms with Gasteiger partial charge in [-0.15, -0.1) is 5.10 Å². The van der Waals surface area contributed by atoms with E-state index in [2.05, 4.69) is 39.6 Å². The van der Waals surface area contributed by atoms with Crippen LogP contribution in [0, 0.1) is 13.8 Å². The van der Waals surface area contributed by atoms with E-state index in [1.165, 1.54) is 22.2 Å². The number of H-pyrrole nitrogens is 1. The van der Waals surface area contributed by atoms with Gasteiger partial charge in [-0.1, -0.05) is 61.2 Å². The second kappa shape index (κ2) is 10.3. The summed E-state index contributed by atoms with van der Waals surface area (Å²) in [7, 11) is 1.62. The lowest BCUT2D eigenvalue weighted by Gasteiger charge is -2.17. The van der Waals surface area contributed by atoms with Gasteiger partial charge in [0, 0.05) is 18.3 Å². The first-order valence-corrected chi connectivity index (χ1v) is 11.1. The Morgan fingerprint density at radius 1 is 1.10 bits per heavy atom. The number of carbonyl (C=O) groups excluding carboxylic acids is 2. The summed E-state index contributed by atoms with van der Waals surface area (Å²) in [6, 6.07) is 14.0. The normalized spacial score (nSPS) is 10.7. The summed E-state index contributed by atoms with van der Waals surface area (Å²) in [5.74, 6) is 0.424. The van der Waals surface area contributed by atoms with Crippen LogP contribution >= 0.6 is 11.8 Å². The van der Waals surface area contributed by atoms with Crippen molar-refractivity contribution in [2.45, 2.75) is 32.3 Å². The van der Waals surface area contributed by atoms with Gasteiger partial charge >= 0.3 is 0 Å². The largest absolute Gasteiger partial charge is 0.336 e. The second-order valence-electron chi connectivity index (χ2n) is 7.37. The van der Waals surface area contributed by atoms with Gasteiger partial charge in [-0.2, -0.15) is 0 Å². The third-order valence-electron chi connectivity index (χ3n) is 4.98. The summed E-state index contributed by atoms with van der Waals surface area (Å²) in [6.07, 6.45) is 0.982. The summed E-state index contributed by atoms with van der Waals surface area (Å²) in [6.45, 7) is 5.98. The number of hydrogen-bond acceptors (Lipinski definition) is 5. The van der Waals surface area contributed by atoms with E-state index in [0.29, 0.717) is 11.0 Å². The molecule has 0 saturated carbocycles. The number of hydrogen-bond donors (Lipinski definition) is 2. The first-order chi connectivity index (χ1) is 14.9. The molecule has 3 aromatic rings. The summed E-state index contributed by atoms with van der Waals surface area (Å²) in [5, 5.41) is 10.5. The van der Waals surface area contributed by atoms with Crippen molar-refractivity contribution < 1.29 is 9.59 Å². The summed E-state index contributed by atoms with van der Waals surface area (Å²) in [4.78, 5) is 30.7. The Morgan fingerprint density at radius 2 is 1.77 bits per heavy atom. The highest BCUT2D eigenvalue weighted by atomic mass is 32.2. The summed E-state index contributed by atoms with van der Waals surface area (Å²) < 4.78 is 0. The summed E-state index contributed by atoms with van der Waals surface area (Å²) >= 11 is 1.24. The fourth-order valence-electron chi connectivity index (χ4n) is 3.07. The number of aromatic nitrogens is 3. The van der Waals surface area contributed by atoms with Crippen molar-refractivity contribution in [3.63, 3.8) is 0 Å². The Labute approximate surface area is 186 Å². The van der Waals surface area contributed by atoms with Gasteiger partial charge in [-0.3, -0.25) is 14.7 Å². The number of nitrogens with zero attached hydrogens (tertiary/aromatic N) is 3. The number of aryl methyl sites for hydroxylation is 3. The molecule has 0 fully saturated rings. The van der Waals surface area contributed by atoms with Crippen LogP contribution in [-0.4, -0.2) is 51.2 Å². The molecule has 31 heavy (non-hydrogen) atoms. The van der Waals surface area contributed by atoms with Crippen LogP contribution in [0.2, 0.25) is 0 Å². The lowest BCUT2D eigenvalue weighted by molar-refractivity contribution is -0.131. The second-order valence-corrected chi connectivity index (χ2v) is 8.31. The molecule has 2 amide bonds. The van der Waals surface area contributed by atoms with Gasteiger partial charge in [-0.05, 0) is 37.0 Å². The van der Waals surface area contributed by atoms with Gasteiger partial charge in [0.2, 0.25) is 17.0 Å².